The number of alkyl halides is 1. The van der Waals surface area contributed by atoms with Crippen molar-refractivity contribution in [2.24, 2.45) is 0 Å². The zero-order chi connectivity index (χ0) is 22.8. The van der Waals surface area contributed by atoms with Crippen LogP contribution >= 0.6 is 11.6 Å². The molecule has 2 unspecified atom stereocenters. The summed E-state index contributed by atoms with van der Waals surface area (Å²) in [5.41, 5.74) is 2.93. The first-order valence-electron chi connectivity index (χ1n) is 10.4. The van der Waals surface area contributed by atoms with Crippen molar-refractivity contribution in [3.63, 3.8) is 0 Å². The Morgan fingerprint density at radius 2 is 1.59 bits per heavy atom. The summed E-state index contributed by atoms with van der Waals surface area (Å²) in [4.78, 5) is 33.0. The SMILES string of the molecule is Cc1ccc(-n2c(C(C)N(C)C(=O)C(Cl)c3ccccc3)nc3ccccc3c2=O)cc1. The van der Waals surface area contributed by atoms with Gasteiger partial charge in [-0.05, 0) is 43.7 Å². The van der Waals surface area contributed by atoms with E-state index in [9.17, 15) is 9.59 Å². The van der Waals surface area contributed by atoms with E-state index in [0.29, 0.717) is 22.4 Å². The van der Waals surface area contributed by atoms with Gasteiger partial charge in [-0.25, -0.2) is 4.98 Å². The van der Waals surface area contributed by atoms with Crippen LogP contribution in [-0.4, -0.2) is 27.4 Å². The molecule has 0 bridgehead atoms. The van der Waals surface area contributed by atoms with Gasteiger partial charge in [0, 0.05) is 7.05 Å². The molecule has 0 N–H and O–H groups in total. The molecular formula is C26H24ClN3O2. The third-order valence-electron chi connectivity index (χ3n) is 5.71. The molecule has 0 aliphatic rings. The molecule has 0 spiro atoms. The fraction of sp³-hybridized carbons (Fsp3) is 0.192. The van der Waals surface area contributed by atoms with Gasteiger partial charge in [-0.3, -0.25) is 14.2 Å². The summed E-state index contributed by atoms with van der Waals surface area (Å²) < 4.78 is 1.59. The molecule has 2 atom stereocenters. The maximum atomic E-state index is 13.5. The van der Waals surface area contributed by atoms with Gasteiger partial charge in [-0.15, -0.1) is 11.6 Å². The normalized spacial score (nSPS) is 13.0. The Morgan fingerprint density at radius 3 is 2.28 bits per heavy atom. The Kier molecular flexibility index (Phi) is 6.10. The monoisotopic (exact) mass is 445 g/mol. The van der Waals surface area contributed by atoms with Crippen LogP contribution in [0.25, 0.3) is 16.6 Å². The number of halogens is 1. The largest absolute Gasteiger partial charge is 0.334 e. The van der Waals surface area contributed by atoms with Gasteiger partial charge in [0.1, 0.15) is 11.2 Å². The van der Waals surface area contributed by atoms with Crippen LogP contribution in [-0.2, 0) is 4.79 Å². The number of benzene rings is 3. The second kappa shape index (κ2) is 8.97. The number of carbonyl (C=O) groups excluding carboxylic acids is 1. The summed E-state index contributed by atoms with van der Waals surface area (Å²) in [6, 6.07) is 23.6. The van der Waals surface area contributed by atoms with Gasteiger partial charge in [-0.2, -0.15) is 0 Å². The highest BCUT2D eigenvalue weighted by Gasteiger charge is 2.28. The number of fused-ring (bicyclic) bond motifs is 1. The van der Waals surface area contributed by atoms with Gasteiger partial charge in [0.2, 0.25) is 5.91 Å². The predicted molar refractivity (Wildman–Crippen MR) is 128 cm³/mol. The number of hydrogen-bond donors (Lipinski definition) is 0. The quantitative estimate of drug-likeness (QED) is 0.397. The summed E-state index contributed by atoms with van der Waals surface area (Å²) in [5, 5.41) is -0.304. The maximum Gasteiger partial charge on any atom is 0.266 e. The molecule has 1 amide bonds. The fourth-order valence-electron chi connectivity index (χ4n) is 3.68. The highest BCUT2D eigenvalue weighted by molar-refractivity contribution is 6.30. The van der Waals surface area contributed by atoms with Crippen molar-refractivity contribution in [1.29, 1.82) is 0 Å². The number of nitrogens with zero attached hydrogens (tertiary/aromatic N) is 3. The number of carbonyl (C=O) groups is 1. The molecule has 0 aliphatic heterocycles. The summed E-state index contributed by atoms with van der Waals surface area (Å²) in [6.45, 7) is 3.85. The third-order valence-corrected chi connectivity index (χ3v) is 6.14. The van der Waals surface area contributed by atoms with Gasteiger partial charge in [0.25, 0.3) is 5.56 Å². The molecular weight excluding hydrogens is 422 g/mol. The Bertz CT molecular complexity index is 1320. The van der Waals surface area contributed by atoms with Crippen LogP contribution in [0, 0.1) is 6.92 Å². The lowest BCUT2D eigenvalue weighted by molar-refractivity contribution is -0.131. The average Bonchev–Trinajstić information content (AvgIpc) is 2.83. The Hall–Kier alpha value is -3.44. The van der Waals surface area contributed by atoms with E-state index in [2.05, 4.69) is 0 Å². The minimum atomic E-state index is -0.830. The molecule has 0 saturated carbocycles. The molecule has 1 aromatic heterocycles. The first-order chi connectivity index (χ1) is 15.4. The van der Waals surface area contributed by atoms with Crippen molar-refractivity contribution in [3.8, 4) is 5.69 Å². The van der Waals surface area contributed by atoms with Gasteiger partial charge in [-0.1, -0.05) is 60.2 Å². The van der Waals surface area contributed by atoms with Crippen LogP contribution in [0.4, 0.5) is 0 Å². The lowest BCUT2D eigenvalue weighted by Gasteiger charge is -2.28. The summed E-state index contributed by atoms with van der Waals surface area (Å²) in [5.74, 6) is 0.216. The van der Waals surface area contributed by atoms with Gasteiger partial charge in [0.05, 0.1) is 22.6 Å². The zero-order valence-corrected chi connectivity index (χ0v) is 19.0. The minimum absolute atomic E-state index is 0.173. The van der Waals surface area contributed by atoms with Gasteiger partial charge >= 0.3 is 0 Å². The molecule has 32 heavy (non-hydrogen) atoms. The molecule has 3 aromatic carbocycles. The standard InChI is InChI=1S/C26H24ClN3O2/c1-17-13-15-20(16-14-17)30-24(28-22-12-8-7-11-21(22)25(30)31)18(2)29(3)26(32)23(27)19-9-5-4-6-10-19/h4-16,18,23H,1-3H3. The number of rotatable bonds is 5. The fourth-order valence-corrected chi connectivity index (χ4v) is 3.98. The predicted octanol–water partition coefficient (Wildman–Crippen LogP) is 5.19. The van der Waals surface area contributed by atoms with E-state index in [1.807, 2.05) is 86.6 Å². The number of hydrogen-bond acceptors (Lipinski definition) is 3. The number of amides is 1. The summed E-state index contributed by atoms with van der Waals surface area (Å²) in [6.07, 6.45) is 0. The van der Waals surface area contributed by atoms with E-state index in [-0.39, 0.29) is 11.5 Å². The van der Waals surface area contributed by atoms with Gasteiger partial charge in [0.15, 0.2) is 0 Å². The summed E-state index contributed by atoms with van der Waals surface area (Å²) >= 11 is 6.50. The smallest absolute Gasteiger partial charge is 0.266 e. The molecule has 1 heterocycles. The second-order valence-electron chi connectivity index (χ2n) is 7.86. The lowest BCUT2D eigenvalue weighted by Crippen LogP contribution is -2.36. The number of aryl methyl sites for hydroxylation is 1. The number of aromatic nitrogens is 2. The van der Waals surface area contributed by atoms with Crippen LogP contribution in [0.1, 0.15) is 35.3 Å². The van der Waals surface area contributed by atoms with Crippen molar-refractivity contribution in [2.45, 2.75) is 25.3 Å². The Balaban J connectivity index is 1.82. The van der Waals surface area contributed by atoms with Crippen molar-refractivity contribution in [3.05, 3.63) is 106 Å². The lowest BCUT2D eigenvalue weighted by atomic mass is 10.1. The third kappa shape index (κ3) is 4.04. The van der Waals surface area contributed by atoms with Crippen molar-refractivity contribution in [1.82, 2.24) is 14.5 Å². The molecule has 4 rings (SSSR count). The van der Waals surface area contributed by atoms with E-state index in [0.717, 1.165) is 11.1 Å². The Labute approximate surface area is 191 Å². The topological polar surface area (TPSA) is 55.2 Å². The van der Waals surface area contributed by atoms with Crippen LogP contribution in [0.5, 0.6) is 0 Å². The van der Waals surface area contributed by atoms with E-state index in [1.165, 1.54) is 0 Å². The highest BCUT2D eigenvalue weighted by Crippen LogP contribution is 2.28. The van der Waals surface area contributed by atoms with Crippen molar-refractivity contribution >= 4 is 28.4 Å². The summed E-state index contributed by atoms with van der Waals surface area (Å²) in [7, 11) is 1.69. The van der Waals surface area contributed by atoms with E-state index >= 15 is 0 Å². The molecule has 5 nitrogen and oxygen atoms in total. The number of likely N-dealkylation sites (N-methyl/N-ethyl adjacent to an activating group) is 1. The average molecular weight is 446 g/mol. The Morgan fingerprint density at radius 1 is 0.969 bits per heavy atom. The molecule has 6 heteroatoms. The van der Waals surface area contributed by atoms with Crippen LogP contribution < -0.4 is 5.56 Å². The van der Waals surface area contributed by atoms with E-state index in [1.54, 1.807) is 22.6 Å². The maximum absolute atomic E-state index is 13.5. The molecule has 0 radical (unpaired) electrons. The second-order valence-corrected chi connectivity index (χ2v) is 8.30. The number of para-hydroxylation sites is 1. The molecule has 162 valence electrons. The minimum Gasteiger partial charge on any atom is -0.334 e. The van der Waals surface area contributed by atoms with E-state index < -0.39 is 11.4 Å². The molecule has 4 aromatic rings. The molecule has 0 saturated heterocycles. The zero-order valence-electron chi connectivity index (χ0n) is 18.2. The molecule has 0 fully saturated rings. The van der Waals surface area contributed by atoms with Crippen LogP contribution in [0.15, 0.2) is 83.7 Å². The van der Waals surface area contributed by atoms with Crippen LogP contribution in [0.3, 0.4) is 0 Å². The van der Waals surface area contributed by atoms with Crippen LogP contribution in [0.2, 0.25) is 0 Å². The first-order valence-corrected chi connectivity index (χ1v) is 10.9. The van der Waals surface area contributed by atoms with E-state index in [4.69, 9.17) is 16.6 Å². The van der Waals surface area contributed by atoms with Crippen molar-refractivity contribution < 1.29 is 4.79 Å². The highest BCUT2D eigenvalue weighted by atomic mass is 35.5. The van der Waals surface area contributed by atoms with Crippen molar-refractivity contribution in [2.75, 3.05) is 7.05 Å². The first kappa shape index (κ1) is 21.8. The molecule has 0 aliphatic carbocycles. The van der Waals surface area contributed by atoms with Gasteiger partial charge < -0.3 is 4.90 Å².